The molecule has 0 aliphatic carbocycles. The molecule has 0 fully saturated rings. The summed E-state index contributed by atoms with van der Waals surface area (Å²) in [5.74, 6) is -0.235. The summed E-state index contributed by atoms with van der Waals surface area (Å²) in [4.78, 5) is 26.4. The molecule has 0 aliphatic rings. The Morgan fingerprint density at radius 2 is 1.70 bits per heavy atom. The van der Waals surface area contributed by atoms with E-state index in [9.17, 15) is 9.59 Å². The lowest BCUT2D eigenvalue weighted by atomic mass is 10.0. The Bertz CT molecular complexity index is 797. The maximum absolute atomic E-state index is 12.6. The quantitative estimate of drug-likeness (QED) is 0.671. The number of amides is 1. The second-order valence-electron chi connectivity index (χ2n) is 5.93. The second kappa shape index (κ2) is 9.97. The van der Waals surface area contributed by atoms with Gasteiger partial charge in [0.25, 0.3) is 0 Å². The Kier molecular flexibility index (Phi) is 7.38. The predicted octanol–water partition coefficient (Wildman–Crippen LogP) is 2.72. The third-order valence-electron chi connectivity index (χ3n) is 4.18. The van der Waals surface area contributed by atoms with E-state index in [0.29, 0.717) is 12.2 Å². The summed E-state index contributed by atoms with van der Waals surface area (Å²) in [6.07, 6.45) is -0.000719. The van der Waals surface area contributed by atoms with Crippen molar-refractivity contribution >= 4 is 11.9 Å². The molecule has 0 N–H and O–H groups in total. The van der Waals surface area contributed by atoms with Gasteiger partial charge in [0.1, 0.15) is 18.2 Å². The molecule has 1 amide bonds. The Hall–Kier alpha value is -3.33. The van der Waals surface area contributed by atoms with Gasteiger partial charge in [-0.3, -0.25) is 4.79 Å². The average Bonchev–Trinajstić information content (AvgIpc) is 2.71. The van der Waals surface area contributed by atoms with Crippen molar-refractivity contribution in [2.24, 2.45) is 0 Å². The number of hydrogen-bond donors (Lipinski definition) is 0. The van der Waals surface area contributed by atoms with Gasteiger partial charge in [0.05, 0.1) is 20.3 Å². The number of carbonyl (C=O) groups is 2. The number of esters is 1. The molecule has 0 saturated carbocycles. The van der Waals surface area contributed by atoms with Crippen LogP contribution in [0.2, 0.25) is 0 Å². The van der Waals surface area contributed by atoms with Crippen LogP contribution in [0.1, 0.15) is 17.5 Å². The molecular formula is C21H22N2O4. The lowest BCUT2D eigenvalue weighted by molar-refractivity contribution is -0.153. The molecule has 0 heterocycles. The van der Waals surface area contributed by atoms with Crippen LogP contribution < -0.4 is 4.74 Å². The molecule has 6 nitrogen and oxygen atoms in total. The highest BCUT2D eigenvalue weighted by Gasteiger charge is 2.30. The smallest absolute Gasteiger partial charge is 0.328 e. The fourth-order valence-corrected chi connectivity index (χ4v) is 2.76. The molecule has 2 aromatic carbocycles. The van der Waals surface area contributed by atoms with Gasteiger partial charge in [-0.05, 0) is 23.3 Å². The topological polar surface area (TPSA) is 79.6 Å². The summed E-state index contributed by atoms with van der Waals surface area (Å²) in [5.41, 5.74) is 1.72. The first-order valence-corrected chi connectivity index (χ1v) is 8.50. The SMILES string of the molecule is COC(=O)[C@H](Cc1ccccc1)N(Cc1ccc(OC)cc1)C(=O)CC#N. The Morgan fingerprint density at radius 1 is 1.04 bits per heavy atom. The van der Waals surface area contributed by atoms with Gasteiger partial charge < -0.3 is 14.4 Å². The fourth-order valence-electron chi connectivity index (χ4n) is 2.76. The summed E-state index contributed by atoms with van der Waals surface area (Å²) in [5, 5.41) is 8.96. The molecule has 2 aromatic rings. The van der Waals surface area contributed by atoms with E-state index >= 15 is 0 Å². The van der Waals surface area contributed by atoms with Gasteiger partial charge in [-0.25, -0.2) is 4.79 Å². The van der Waals surface area contributed by atoms with Gasteiger partial charge in [0.15, 0.2) is 0 Å². The number of hydrogen-bond acceptors (Lipinski definition) is 5. The summed E-state index contributed by atoms with van der Waals surface area (Å²) in [6.45, 7) is 0.192. The van der Waals surface area contributed by atoms with Crippen molar-refractivity contribution in [2.75, 3.05) is 14.2 Å². The van der Waals surface area contributed by atoms with Gasteiger partial charge in [-0.1, -0.05) is 42.5 Å². The number of ether oxygens (including phenoxy) is 2. The lowest BCUT2D eigenvalue weighted by Gasteiger charge is -2.30. The Morgan fingerprint density at radius 3 is 2.26 bits per heavy atom. The molecule has 140 valence electrons. The van der Waals surface area contributed by atoms with Crippen molar-refractivity contribution in [2.45, 2.75) is 25.4 Å². The van der Waals surface area contributed by atoms with E-state index in [2.05, 4.69) is 0 Å². The summed E-state index contributed by atoms with van der Waals surface area (Å²) < 4.78 is 10.1. The second-order valence-corrected chi connectivity index (χ2v) is 5.93. The molecule has 0 bridgehead atoms. The summed E-state index contributed by atoms with van der Waals surface area (Å²) in [7, 11) is 2.87. The molecule has 2 rings (SSSR count). The summed E-state index contributed by atoms with van der Waals surface area (Å²) >= 11 is 0. The van der Waals surface area contributed by atoms with E-state index in [0.717, 1.165) is 11.1 Å². The minimum atomic E-state index is -0.819. The van der Waals surface area contributed by atoms with Crippen LogP contribution in [0, 0.1) is 11.3 Å². The van der Waals surface area contributed by atoms with Gasteiger partial charge in [0.2, 0.25) is 5.91 Å². The molecule has 0 spiro atoms. The first kappa shape index (κ1) is 20.0. The molecule has 1 atom stereocenters. The monoisotopic (exact) mass is 366 g/mol. The van der Waals surface area contributed by atoms with Gasteiger partial charge >= 0.3 is 5.97 Å². The minimum absolute atomic E-state index is 0.192. The third-order valence-corrected chi connectivity index (χ3v) is 4.18. The zero-order valence-corrected chi connectivity index (χ0v) is 15.4. The van der Waals surface area contributed by atoms with Crippen LogP contribution in [0.15, 0.2) is 54.6 Å². The van der Waals surface area contributed by atoms with Crippen LogP contribution in [0.25, 0.3) is 0 Å². The summed E-state index contributed by atoms with van der Waals surface area (Å²) in [6, 6.07) is 17.6. The van der Waals surface area contributed by atoms with Crippen molar-refractivity contribution in [1.82, 2.24) is 4.90 Å². The number of nitrogens with zero attached hydrogens (tertiary/aromatic N) is 2. The van der Waals surface area contributed by atoms with Crippen LogP contribution in [0.3, 0.4) is 0 Å². The Labute approximate surface area is 158 Å². The largest absolute Gasteiger partial charge is 0.497 e. The zero-order chi connectivity index (χ0) is 19.6. The van der Waals surface area contributed by atoms with Crippen molar-refractivity contribution < 1.29 is 19.1 Å². The normalized spacial score (nSPS) is 11.1. The van der Waals surface area contributed by atoms with E-state index in [1.54, 1.807) is 19.2 Å². The van der Waals surface area contributed by atoms with E-state index in [1.165, 1.54) is 12.0 Å². The highest BCUT2D eigenvalue weighted by atomic mass is 16.5. The molecule has 0 aliphatic heterocycles. The molecular weight excluding hydrogens is 344 g/mol. The third kappa shape index (κ3) is 5.58. The molecule has 0 aromatic heterocycles. The van der Waals surface area contributed by atoms with Gasteiger partial charge in [-0.15, -0.1) is 0 Å². The Balaban J connectivity index is 2.32. The van der Waals surface area contributed by atoms with Crippen LogP contribution in [-0.4, -0.2) is 37.0 Å². The van der Waals surface area contributed by atoms with Crippen LogP contribution in [0.4, 0.5) is 0 Å². The first-order chi connectivity index (χ1) is 13.1. The van der Waals surface area contributed by atoms with Crippen molar-refractivity contribution in [3.05, 3.63) is 65.7 Å². The zero-order valence-electron chi connectivity index (χ0n) is 15.4. The number of nitriles is 1. The van der Waals surface area contributed by atoms with E-state index < -0.39 is 17.9 Å². The van der Waals surface area contributed by atoms with Crippen LogP contribution >= 0.6 is 0 Å². The molecule has 0 unspecified atom stereocenters. The molecule has 27 heavy (non-hydrogen) atoms. The highest BCUT2D eigenvalue weighted by molar-refractivity contribution is 5.85. The van der Waals surface area contributed by atoms with Gasteiger partial charge in [-0.2, -0.15) is 5.26 Å². The van der Waals surface area contributed by atoms with Crippen LogP contribution in [-0.2, 0) is 27.3 Å². The predicted molar refractivity (Wildman–Crippen MR) is 99.7 cm³/mol. The van der Waals surface area contributed by atoms with Crippen molar-refractivity contribution in [3.63, 3.8) is 0 Å². The van der Waals surface area contributed by atoms with Crippen LogP contribution in [0.5, 0.6) is 5.75 Å². The molecule has 0 saturated heterocycles. The number of carbonyl (C=O) groups excluding carboxylic acids is 2. The van der Waals surface area contributed by atoms with E-state index in [-0.39, 0.29) is 13.0 Å². The number of benzene rings is 2. The van der Waals surface area contributed by atoms with Crippen molar-refractivity contribution in [1.29, 1.82) is 5.26 Å². The van der Waals surface area contributed by atoms with E-state index in [4.69, 9.17) is 14.7 Å². The molecule has 6 heteroatoms. The van der Waals surface area contributed by atoms with Crippen molar-refractivity contribution in [3.8, 4) is 11.8 Å². The number of methoxy groups -OCH3 is 2. The fraction of sp³-hybridized carbons (Fsp3) is 0.286. The first-order valence-electron chi connectivity index (χ1n) is 8.50. The minimum Gasteiger partial charge on any atom is -0.497 e. The average molecular weight is 366 g/mol. The maximum Gasteiger partial charge on any atom is 0.328 e. The number of rotatable bonds is 8. The standard InChI is InChI=1S/C21H22N2O4/c1-26-18-10-8-17(9-11-18)15-23(20(24)12-13-22)19(21(25)27-2)14-16-6-4-3-5-7-16/h3-11,19H,12,14-15H2,1-2H3/t19-/m0/s1. The highest BCUT2D eigenvalue weighted by Crippen LogP contribution is 2.18. The lowest BCUT2D eigenvalue weighted by Crippen LogP contribution is -2.46. The van der Waals surface area contributed by atoms with E-state index in [1.807, 2.05) is 48.5 Å². The molecule has 0 radical (unpaired) electrons. The van der Waals surface area contributed by atoms with Gasteiger partial charge in [0, 0.05) is 13.0 Å². The maximum atomic E-state index is 12.6.